The molecule has 2 nitrogen and oxygen atoms in total. The summed E-state index contributed by atoms with van der Waals surface area (Å²) in [7, 11) is 0. The van der Waals surface area contributed by atoms with Crippen molar-refractivity contribution in [3.05, 3.63) is 0 Å². The normalized spacial score (nSPS) is 22.4. The van der Waals surface area contributed by atoms with Crippen LogP contribution in [0.4, 0.5) is 0 Å². The van der Waals surface area contributed by atoms with Crippen molar-refractivity contribution in [3.63, 3.8) is 0 Å². The van der Waals surface area contributed by atoms with Gasteiger partial charge in [-0.2, -0.15) is 0 Å². The lowest BCUT2D eigenvalue weighted by molar-refractivity contribution is -0.133. The van der Waals surface area contributed by atoms with Gasteiger partial charge in [0.05, 0.1) is 5.92 Å². The third-order valence-corrected chi connectivity index (χ3v) is 3.03. The fourth-order valence-electron chi connectivity index (χ4n) is 2.11. The molecule has 0 heterocycles. The van der Waals surface area contributed by atoms with E-state index in [1.165, 1.54) is 6.42 Å². The first kappa shape index (κ1) is 11.4. The van der Waals surface area contributed by atoms with E-state index in [2.05, 4.69) is 0 Å². The lowest BCUT2D eigenvalue weighted by atomic mass is 9.88. The van der Waals surface area contributed by atoms with Gasteiger partial charge in [-0.25, -0.2) is 0 Å². The Labute approximate surface area is 86.1 Å². The highest BCUT2D eigenvalue weighted by Gasteiger charge is 2.23. The van der Waals surface area contributed by atoms with Crippen LogP contribution in [0.1, 0.15) is 58.3 Å². The molecule has 80 valence electrons. The molecule has 0 atom stereocenters. The van der Waals surface area contributed by atoms with Crippen LogP contribution in [0.5, 0.6) is 0 Å². The summed E-state index contributed by atoms with van der Waals surface area (Å²) in [5.74, 6) is 0.0758. The van der Waals surface area contributed by atoms with E-state index in [9.17, 15) is 9.59 Å². The average Bonchev–Trinajstić information content (AvgIpc) is 2.17. The molecule has 0 spiro atoms. The Morgan fingerprint density at radius 1 is 0.929 bits per heavy atom. The lowest BCUT2D eigenvalue weighted by Crippen LogP contribution is -2.23. The van der Waals surface area contributed by atoms with Crippen molar-refractivity contribution in [2.45, 2.75) is 58.3 Å². The van der Waals surface area contributed by atoms with Crippen molar-refractivity contribution in [1.82, 2.24) is 0 Å². The van der Waals surface area contributed by atoms with Gasteiger partial charge in [0, 0.05) is 12.8 Å². The number of carbonyl (C=O) groups is 2. The first-order chi connectivity index (χ1) is 6.75. The Morgan fingerprint density at radius 2 is 1.36 bits per heavy atom. The van der Waals surface area contributed by atoms with Crippen molar-refractivity contribution in [1.29, 1.82) is 0 Å². The number of hydrogen-bond acceptors (Lipinski definition) is 2. The first-order valence-electron chi connectivity index (χ1n) is 5.81. The quantitative estimate of drug-likeness (QED) is 0.604. The molecule has 2 heteroatoms. The van der Waals surface area contributed by atoms with Gasteiger partial charge in [0.1, 0.15) is 11.6 Å². The molecule has 0 aromatic carbocycles. The van der Waals surface area contributed by atoms with E-state index in [1.807, 2.05) is 6.92 Å². The summed E-state index contributed by atoms with van der Waals surface area (Å²) in [4.78, 5) is 23.3. The molecule has 1 fully saturated rings. The summed E-state index contributed by atoms with van der Waals surface area (Å²) in [6, 6.07) is 0. The third-order valence-electron chi connectivity index (χ3n) is 3.03. The highest BCUT2D eigenvalue weighted by Crippen LogP contribution is 2.18. The van der Waals surface area contributed by atoms with Crippen LogP contribution in [0.2, 0.25) is 0 Å². The van der Waals surface area contributed by atoms with Crippen LogP contribution in [-0.4, -0.2) is 11.6 Å². The molecule has 0 radical (unpaired) electrons. The molecule has 0 aliphatic heterocycles. The summed E-state index contributed by atoms with van der Waals surface area (Å²) in [5.41, 5.74) is 0. The van der Waals surface area contributed by atoms with Crippen molar-refractivity contribution >= 4 is 11.6 Å². The fraction of sp³-hybridized carbons (Fsp3) is 0.833. The van der Waals surface area contributed by atoms with E-state index < -0.39 is 0 Å². The van der Waals surface area contributed by atoms with E-state index in [4.69, 9.17) is 0 Å². The average molecular weight is 196 g/mol. The second-order valence-corrected chi connectivity index (χ2v) is 4.16. The van der Waals surface area contributed by atoms with Crippen LogP contribution in [-0.2, 0) is 9.59 Å². The zero-order valence-electron chi connectivity index (χ0n) is 9.05. The zero-order chi connectivity index (χ0) is 10.4. The predicted molar refractivity (Wildman–Crippen MR) is 56.1 cm³/mol. The molecule has 1 aliphatic carbocycles. The second kappa shape index (κ2) is 5.94. The minimum atomic E-state index is -0.284. The van der Waals surface area contributed by atoms with E-state index >= 15 is 0 Å². The molecule has 0 aromatic rings. The number of Topliss-reactive ketones (excluding diaryl/α,β-unsaturated/α-hetero) is 2. The maximum absolute atomic E-state index is 11.7. The Hall–Kier alpha value is -0.660. The summed E-state index contributed by atoms with van der Waals surface area (Å²) < 4.78 is 0. The van der Waals surface area contributed by atoms with Gasteiger partial charge < -0.3 is 0 Å². The fourth-order valence-corrected chi connectivity index (χ4v) is 2.11. The van der Waals surface area contributed by atoms with Gasteiger partial charge in [-0.1, -0.05) is 26.2 Å². The minimum Gasteiger partial charge on any atom is -0.299 e. The Kier molecular flexibility index (Phi) is 4.85. The molecule has 1 aliphatic rings. The third kappa shape index (κ3) is 3.24. The van der Waals surface area contributed by atoms with Crippen LogP contribution in [0.15, 0.2) is 0 Å². The molecule has 1 rings (SSSR count). The van der Waals surface area contributed by atoms with Gasteiger partial charge in [-0.3, -0.25) is 9.59 Å². The Bertz CT molecular complexity index is 188. The van der Waals surface area contributed by atoms with Crippen LogP contribution in [0.25, 0.3) is 0 Å². The molecular formula is C12H20O2. The van der Waals surface area contributed by atoms with Crippen molar-refractivity contribution in [2.75, 3.05) is 0 Å². The number of ketones is 2. The minimum absolute atomic E-state index is 0.180. The van der Waals surface area contributed by atoms with Gasteiger partial charge >= 0.3 is 0 Å². The molecule has 0 aromatic heterocycles. The number of hydrogen-bond donors (Lipinski definition) is 0. The van der Waals surface area contributed by atoms with E-state index in [0.717, 1.165) is 25.7 Å². The summed E-state index contributed by atoms with van der Waals surface area (Å²) >= 11 is 0. The first-order valence-corrected chi connectivity index (χ1v) is 5.81. The van der Waals surface area contributed by atoms with Crippen molar-refractivity contribution in [3.8, 4) is 0 Å². The number of rotatable bonds is 1. The van der Waals surface area contributed by atoms with Gasteiger partial charge in [-0.05, 0) is 19.3 Å². The number of carbonyl (C=O) groups excluding carboxylic acids is 2. The molecule has 0 bridgehead atoms. The smallest absolute Gasteiger partial charge is 0.143 e. The van der Waals surface area contributed by atoms with E-state index in [-0.39, 0.29) is 17.5 Å². The Morgan fingerprint density at radius 3 is 1.79 bits per heavy atom. The molecule has 1 saturated carbocycles. The molecule has 0 N–H and O–H groups in total. The molecule has 0 amide bonds. The van der Waals surface area contributed by atoms with Gasteiger partial charge in [0.2, 0.25) is 0 Å². The maximum Gasteiger partial charge on any atom is 0.143 e. The highest BCUT2D eigenvalue weighted by molar-refractivity contribution is 6.02. The SMILES string of the molecule is CCC1C(=O)CCCCCCCC1=O. The van der Waals surface area contributed by atoms with Crippen molar-refractivity contribution < 1.29 is 9.59 Å². The molecular weight excluding hydrogens is 176 g/mol. The van der Waals surface area contributed by atoms with Crippen LogP contribution < -0.4 is 0 Å². The summed E-state index contributed by atoms with van der Waals surface area (Å²) in [5, 5.41) is 0. The van der Waals surface area contributed by atoms with Gasteiger partial charge in [-0.15, -0.1) is 0 Å². The van der Waals surface area contributed by atoms with Crippen LogP contribution in [0, 0.1) is 5.92 Å². The van der Waals surface area contributed by atoms with Gasteiger partial charge in [0.15, 0.2) is 0 Å². The van der Waals surface area contributed by atoms with E-state index in [1.54, 1.807) is 0 Å². The highest BCUT2D eigenvalue weighted by atomic mass is 16.1. The largest absolute Gasteiger partial charge is 0.299 e. The Balaban J connectivity index is 2.56. The van der Waals surface area contributed by atoms with Crippen LogP contribution in [0.3, 0.4) is 0 Å². The second-order valence-electron chi connectivity index (χ2n) is 4.16. The van der Waals surface area contributed by atoms with Gasteiger partial charge in [0.25, 0.3) is 0 Å². The molecule has 0 saturated heterocycles. The molecule has 0 unspecified atom stereocenters. The van der Waals surface area contributed by atoms with Crippen LogP contribution >= 0.6 is 0 Å². The molecule has 14 heavy (non-hydrogen) atoms. The standard InChI is InChI=1S/C12H20O2/c1-2-10-11(13)8-6-4-3-5-7-9-12(10)14/h10H,2-9H2,1H3. The van der Waals surface area contributed by atoms with Crippen molar-refractivity contribution in [2.24, 2.45) is 5.92 Å². The summed E-state index contributed by atoms with van der Waals surface area (Å²) in [6.07, 6.45) is 7.35. The monoisotopic (exact) mass is 196 g/mol. The topological polar surface area (TPSA) is 34.1 Å². The summed E-state index contributed by atoms with van der Waals surface area (Å²) in [6.45, 7) is 1.94. The predicted octanol–water partition coefficient (Wildman–Crippen LogP) is 2.90. The maximum atomic E-state index is 11.7. The zero-order valence-corrected chi connectivity index (χ0v) is 9.05. The van der Waals surface area contributed by atoms with E-state index in [0.29, 0.717) is 19.3 Å². The lowest BCUT2D eigenvalue weighted by Gasteiger charge is -2.14.